The SMILES string of the molecule is CC(C)(C)c1ccc(-c2ccc3c(c2)B2c4cc(-c5ccc(C(C)(C)C)cc5)ccc4N(c4cccc5ccccc45)c4cc(SC(F)(F)F)cc(c42)N3c2cccc3ccccc23)cc1. The number of hydrogen-bond donors (Lipinski definition) is 0. The van der Waals surface area contributed by atoms with Gasteiger partial charge in [0, 0.05) is 38.4 Å². The van der Waals surface area contributed by atoms with Gasteiger partial charge >= 0.3 is 5.51 Å². The predicted molar refractivity (Wildman–Crippen MR) is 276 cm³/mol. The van der Waals surface area contributed by atoms with E-state index in [0.717, 1.165) is 94.3 Å². The van der Waals surface area contributed by atoms with Gasteiger partial charge in [0.15, 0.2) is 0 Å². The van der Waals surface area contributed by atoms with Crippen LogP contribution in [0.5, 0.6) is 0 Å². The first kappa shape index (κ1) is 42.0. The van der Waals surface area contributed by atoms with Gasteiger partial charge in [-0.3, -0.25) is 0 Å². The molecule has 324 valence electrons. The van der Waals surface area contributed by atoms with Gasteiger partial charge in [0.2, 0.25) is 0 Å². The van der Waals surface area contributed by atoms with Gasteiger partial charge in [-0.05, 0) is 120 Å². The van der Waals surface area contributed by atoms with E-state index in [-0.39, 0.29) is 34.2 Å². The highest BCUT2D eigenvalue weighted by Gasteiger charge is 2.45. The molecule has 0 unspecified atom stereocenters. The molecule has 0 radical (unpaired) electrons. The van der Waals surface area contributed by atoms with Crippen molar-refractivity contribution >= 4 is 90.5 Å². The molecule has 66 heavy (non-hydrogen) atoms. The van der Waals surface area contributed by atoms with Gasteiger partial charge in [-0.1, -0.05) is 187 Å². The van der Waals surface area contributed by atoms with Crippen LogP contribution in [0.3, 0.4) is 0 Å². The van der Waals surface area contributed by atoms with Gasteiger partial charge < -0.3 is 9.80 Å². The molecule has 0 fully saturated rings. The van der Waals surface area contributed by atoms with Crippen LogP contribution in [0.1, 0.15) is 52.7 Å². The number of alkyl halides is 3. The second-order valence-corrected chi connectivity index (χ2v) is 20.9. The Morgan fingerprint density at radius 3 is 1.20 bits per heavy atom. The average molecular weight is 885 g/mol. The molecule has 0 bridgehead atoms. The normalized spacial score (nSPS) is 13.5. The molecular weight excluding hydrogens is 837 g/mol. The molecule has 2 nitrogen and oxygen atoms in total. The fourth-order valence-electron chi connectivity index (χ4n) is 10.2. The summed E-state index contributed by atoms with van der Waals surface area (Å²) >= 11 is -0.0557. The van der Waals surface area contributed by atoms with E-state index < -0.39 is 5.51 Å². The summed E-state index contributed by atoms with van der Waals surface area (Å²) in [6, 6.07) is 63.6. The van der Waals surface area contributed by atoms with Crippen molar-refractivity contribution in [2.75, 3.05) is 9.80 Å². The topological polar surface area (TPSA) is 6.48 Å². The molecule has 0 saturated carbocycles. The van der Waals surface area contributed by atoms with Crippen molar-refractivity contribution in [1.29, 1.82) is 0 Å². The van der Waals surface area contributed by atoms with Gasteiger partial charge in [-0.15, -0.1) is 0 Å². The summed E-state index contributed by atoms with van der Waals surface area (Å²) < 4.78 is 44.3. The number of halogens is 3. The molecular formula is C59H48BF3N2S. The van der Waals surface area contributed by atoms with Crippen molar-refractivity contribution in [2.24, 2.45) is 0 Å². The van der Waals surface area contributed by atoms with E-state index >= 15 is 0 Å². The molecule has 11 rings (SSSR count). The first-order chi connectivity index (χ1) is 31.6. The van der Waals surface area contributed by atoms with Crippen molar-refractivity contribution in [3.05, 3.63) is 193 Å². The number of hydrogen-bond acceptors (Lipinski definition) is 3. The van der Waals surface area contributed by atoms with Crippen LogP contribution in [-0.2, 0) is 10.8 Å². The molecule has 0 saturated heterocycles. The highest BCUT2D eigenvalue weighted by Crippen LogP contribution is 2.50. The molecule has 2 aliphatic rings. The summed E-state index contributed by atoms with van der Waals surface area (Å²) in [4.78, 5) is 4.58. The van der Waals surface area contributed by atoms with Gasteiger partial charge in [-0.2, -0.15) is 13.2 Å². The summed E-state index contributed by atoms with van der Waals surface area (Å²) in [5, 5.41) is 4.12. The Kier molecular flexibility index (Phi) is 9.83. The maximum Gasteiger partial charge on any atom is 0.446 e. The van der Waals surface area contributed by atoms with E-state index in [1.807, 2.05) is 36.4 Å². The van der Waals surface area contributed by atoms with Crippen LogP contribution in [-0.4, -0.2) is 12.2 Å². The van der Waals surface area contributed by atoms with Crippen LogP contribution in [0.15, 0.2) is 187 Å². The number of nitrogens with zero attached hydrogens (tertiary/aromatic N) is 2. The molecule has 2 aliphatic heterocycles. The molecule has 9 aromatic carbocycles. The zero-order valence-electron chi connectivity index (χ0n) is 37.8. The lowest BCUT2D eigenvalue weighted by Gasteiger charge is -2.45. The standard InChI is InChI=1S/C59H48BF3N2S/c1-57(2,3)43-27-21-37(22-28-43)41-25-31-52-48(33-41)60-49-34-42(38-23-29-44(30-24-38)58(4,5)6)26-32-53(49)65(51-20-12-16-40-14-8-10-18-47(40)51)55-36-45(66-59(61,62)63)35-54(56(55)60)64(52)50-19-11-15-39-13-7-9-17-46(39)50/h7-36H,1-6H3. The second kappa shape index (κ2) is 15.5. The molecule has 9 aromatic rings. The van der Waals surface area contributed by atoms with Gasteiger partial charge in [-0.25, -0.2) is 0 Å². The maximum absolute atomic E-state index is 14.8. The van der Waals surface area contributed by atoms with E-state index in [1.165, 1.54) is 11.1 Å². The highest BCUT2D eigenvalue weighted by molar-refractivity contribution is 8.00. The smallest absolute Gasteiger partial charge is 0.311 e. The summed E-state index contributed by atoms with van der Waals surface area (Å²) in [5.41, 5.74) is 10.6. The molecule has 7 heteroatoms. The zero-order chi connectivity index (χ0) is 45.7. The lowest BCUT2D eigenvalue weighted by atomic mass is 9.33. The van der Waals surface area contributed by atoms with Crippen molar-refractivity contribution in [1.82, 2.24) is 0 Å². The monoisotopic (exact) mass is 884 g/mol. The minimum absolute atomic E-state index is 0.00321. The van der Waals surface area contributed by atoms with Crippen LogP contribution in [0, 0.1) is 0 Å². The Morgan fingerprint density at radius 2 is 0.788 bits per heavy atom. The van der Waals surface area contributed by atoms with Gasteiger partial charge in [0.05, 0.1) is 11.4 Å². The zero-order valence-corrected chi connectivity index (χ0v) is 38.7. The van der Waals surface area contributed by atoms with Crippen molar-refractivity contribution in [2.45, 2.75) is 62.8 Å². The third kappa shape index (κ3) is 7.25. The lowest BCUT2D eigenvalue weighted by Crippen LogP contribution is -2.61. The quantitative estimate of drug-likeness (QED) is 0.126. The number of thioether (sulfide) groups is 1. The molecule has 0 atom stereocenters. The van der Waals surface area contributed by atoms with E-state index in [0.29, 0.717) is 0 Å². The minimum Gasteiger partial charge on any atom is -0.311 e. The molecule has 2 heterocycles. The maximum atomic E-state index is 14.8. The fourth-order valence-corrected chi connectivity index (χ4v) is 10.8. The summed E-state index contributed by atoms with van der Waals surface area (Å²) in [6.07, 6.45) is 0. The Labute approximate surface area is 389 Å². The van der Waals surface area contributed by atoms with Crippen LogP contribution in [0.2, 0.25) is 0 Å². The molecule has 0 aromatic heterocycles. The number of rotatable bonds is 5. The van der Waals surface area contributed by atoms with E-state index in [1.54, 1.807) is 12.1 Å². The third-order valence-electron chi connectivity index (χ3n) is 13.5. The minimum atomic E-state index is -4.51. The van der Waals surface area contributed by atoms with Crippen molar-refractivity contribution in [3.63, 3.8) is 0 Å². The summed E-state index contributed by atoms with van der Waals surface area (Å²) in [5.74, 6) is 0. The van der Waals surface area contributed by atoms with Crippen molar-refractivity contribution in [3.8, 4) is 22.3 Å². The van der Waals surface area contributed by atoms with Crippen LogP contribution < -0.4 is 26.2 Å². The Bertz CT molecular complexity index is 3140. The molecule has 0 spiro atoms. The number of anilines is 6. The van der Waals surface area contributed by atoms with E-state index in [2.05, 4.69) is 185 Å². The Hall–Kier alpha value is -6.70. The number of benzene rings is 9. The average Bonchev–Trinajstić information content (AvgIpc) is 3.30. The molecule has 0 N–H and O–H groups in total. The second-order valence-electron chi connectivity index (χ2n) is 19.7. The third-order valence-corrected chi connectivity index (χ3v) is 14.2. The molecule has 0 amide bonds. The van der Waals surface area contributed by atoms with E-state index in [4.69, 9.17) is 0 Å². The summed E-state index contributed by atoms with van der Waals surface area (Å²) in [7, 11) is 0. The largest absolute Gasteiger partial charge is 0.446 e. The van der Waals surface area contributed by atoms with Crippen molar-refractivity contribution < 1.29 is 13.2 Å². The van der Waals surface area contributed by atoms with Crippen LogP contribution in [0.25, 0.3) is 43.8 Å². The van der Waals surface area contributed by atoms with Crippen LogP contribution >= 0.6 is 11.8 Å². The lowest BCUT2D eigenvalue weighted by molar-refractivity contribution is -0.0328. The summed E-state index contributed by atoms with van der Waals surface area (Å²) in [6.45, 7) is 13.0. The fraction of sp³-hybridized carbons (Fsp3) is 0.153. The Balaban J connectivity index is 1.25. The first-order valence-corrected chi connectivity index (χ1v) is 23.4. The van der Waals surface area contributed by atoms with Gasteiger partial charge in [0.25, 0.3) is 6.71 Å². The van der Waals surface area contributed by atoms with E-state index in [9.17, 15) is 13.2 Å². The number of fused-ring (bicyclic) bond motifs is 6. The first-order valence-electron chi connectivity index (χ1n) is 22.6. The predicted octanol–water partition coefficient (Wildman–Crippen LogP) is 15.6. The van der Waals surface area contributed by atoms with Gasteiger partial charge in [0.1, 0.15) is 0 Å². The highest BCUT2D eigenvalue weighted by atomic mass is 32.2. The Morgan fingerprint density at radius 1 is 0.394 bits per heavy atom. The van der Waals surface area contributed by atoms with Crippen LogP contribution in [0.4, 0.5) is 47.3 Å². The molecule has 0 aliphatic carbocycles.